The minimum Gasteiger partial charge on any atom is -0.497 e. The molecule has 180 valence electrons. The van der Waals surface area contributed by atoms with Gasteiger partial charge in [-0.3, -0.25) is 4.79 Å². The summed E-state index contributed by atoms with van der Waals surface area (Å²) < 4.78 is 10.8. The summed E-state index contributed by atoms with van der Waals surface area (Å²) in [7, 11) is 3.33. The molecule has 3 rings (SSSR count). The first kappa shape index (κ1) is 26.6. The molecule has 1 fully saturated rings. The van der Waals surface area contributed by atoms with Crippen molar-refractivity contribution in [2.45, 2.75) is 32.9 Å². The molecule has 0 aliphatic carbocycles. The highest BCUT2D eigenvalue weighted by atomic mass is 127. The molecule has 9 heteroatoms. The average molecular weight is 567 g/mol. The Bertz CT molecular complexity index is 931. The number of ether oxygens (including phenoxy) is 2. The topological polar surface area (TPSA) is 87.2 Å². The second kappa shape index (κ2) is 13.1. The van der Waals surface area contributed by atoms with Crippen LogP contribution in [0.4, 0.5) is 11.4 Å². The van der Waals surface area contributed by atoms with E-state index in [2.05, 4.69) is 27.8 Å². The van der Waals surface area contributed by atoms with Crippen LogP contribution >= 0.6 is 24.0 Å². The van der Waals surface area contributed by atoms with Gasteiger partial charge in [-0.2, -0.15) is 0 Å². The van der Waals surface area contributed by atoms with E-state index >= 15 is 0 Å². The number of carbonyl (C=O) groups is 1. The molecule has 0 saturated carbocycles. The molecule has 0 spiro atoms. The number of methoxy groups -OCH3 is 2. The van der Waals surface area contributed by atoms with E-state index in [1.54, 1.807) is 14.2 Å². The number of rotatable bonds is 8. The summed E-state index contributed by atoms with van der Waals surface area (Å²) in [5, 5.41) is 9.70. The first-order chi connectivity index (χ1) is 15.5. The van der Waals surface area contributed by atoms with Crippen LogP contribution in [0.5, 0.6) is 11.5 Å². The zero-order valence-electron chi connectivity index (χ0n) is 19.7. The number of hydrogen-bond acceptors (Lipinski definition) is 5. The van der Waals surface area contributed by atoms with Crippen LogP contribution in [0.1, 0.15) is 25.8 Å². The van der Waals surface area contributed by atoms with Gasteiger partial charge in [0, 0.05) is 62.2 Å². The standard InChI is InChI=1S/C24H33N5O3.HI/c1-5-25-24(26-15-18-7-6-8-19(11-18)27-17(2)30)28-20-9-10-29(16-20)21-12-22(31-3)14-23(13-21)32-4;/h6-8,11-14,20H,5,9-10,15-16H2,1-4H3,(H,27,30)(H2,25,26,28);1H. The summed E-state index contributed by atoms with van der Waals surface area (Å²) in [4.78, 5) is 18.4. The molecular formula is C24H34IN5O3. The van der Waals surface area contributed by atoms with Crippen LogP contribution in [-0.2, 0) is 11.3 Å². The van der Waals surface area contributed by atoms with Gasteiger partial charge in [0.2, 0.25) is 5.91 Å². The largest absolute Gasteiger partial charge is 0.497 e. The Hall–Kier alpha value is -2.69. The molecule has 3 N–H and O–H groups in total. The van der Waals surface area contributed by atoms with Crippen LogP contribution in [0.25, 0.3) is 0 Å². The van der Waals surface area contributed by atoms with E-state index in [1.807, 2.05) is 42.5 Å². The zero-order chi connectivity index (χ0) is 22.9. The molecule has 8 nitrogen and oxygen atoms in total. The molecule has 0 bridgehead atoms. The van der Waals surface area contributed by atoms with Gasteiger partial charge >= 0.3 is 0 Å². The number of nitrogens with one attached hydrogen (secondary N) is 3. The van der Waals surface area contributed by atoms with E-state index in [-0.39, 0.29) is 35.9 Å². The fourth-order valence-electron chi connectivity index (χ4n) is 3.72. The number of aliphatic imine (C=N–C) groups is 1. The third kappa shape index (κ3) is 7.99. The lowest BCUT2D eigenvalue weighted by Gasteiger charge is -2.21. The van der Waals surface area contributed by atoms with Crippen LogP contribution in [0.3, 0.4) is 0 Å². The Kier molecular flexibility index (Phi) is 10.6. The van der Waals surface area contributed by atoms with Gasteiger partial charge in [-0.15, -0.1) is 24.0 Å². The molecule has 1 amide bonds. The Morgan fingerprint density at radius 3 is 2.52 bits per heavy atom. The van der Waals surface area contributed by atoms with E-state index in [0.717, 1.165) is 60.5 Å². The van der Waals surface area contributed by atoms with Crippen molar-refractivity contribution in [2.24, 2.45) is 4.99 Å². The van der Waals surface area contributed by atoms with Gasteiger partial charge in [0.25, 0.3) is 0 Å². The fraction of sp³-hybridized carbons (Fsp3) is 0.417. The van der Waals surface area contributed by atoms with Crippen LogP contribution in [0.15, 0.2) is 47.5 Å². The second-order valence-corrected chi connectivity index (χ2v) is 7.72. The molecule has 33 heavy (non-hydrogen) atoms. The van der Waals surface area contributed by atoms with E-state index in [4.69, 9.17) is 14.5 Å². The number of amides is 1. The maximum atomic E-state index is 11.3. The smallest absolute Gasteiger partial charge is 0.221 e. The SMILES string of the molecule is CCNC(=NCc1cccc(NC(C)=O)c1)NC1CCN(c2cc(OC)cc(OC)c2)C1.I. The molecule has 1 saturated heterocycles. The van der Waals surface area contributed by atoms with Crippen LogP contribution in [0, 0.1) is 0 Å². The van der Waals surface area contributed by atoms with E-state index in [9.17, 15) is 4.79 Å². The van der Waals surface area contributed by atoms with Crippen molar-refractivity contribution in [1.82, 2.24) is 10.6 Å². The van der Waals surface area contributed by atoms with Crippen molar-refractivity contribution >= 4 is 47.2 Å². The van der Waals surface area contributed by atoms with Gasteiger partial charge in [0.05, 0.1) is 20.8 Å². The van der Waals surface area contributed by atoms with Crippen LogP contribution in [0.2, 0.25) is 0 Å². The van der Waals surface area contributed by atoms with Crippen LogP contribution in [-0.4, -0.2) is 51.8 Å². The molecule has 0 aromatic heterocycles. The number of nitrogens with zero attached hydrogens (tertiary/aromatic N) is 2. The molecule has 1 heterocycles. The number of anilines is 2. The van der Waals surface area contributed by atoms with Gasteiger partial charge in [-0.25, -0.2) is 4.99 Å². The summed E-state index contributed by atoms with van der Waals surface area (Å²) in [6, 6.07) is 14.0. The van der Waals surface area contributed by atoms with E-state index in [1.165, 1.54) is 6.92 Å². The van der Waals surface area contributed by atoms with Gasteiger partial charge in [0.15, 0.2) is 5.96 Å². The highest BCUT2D eigenvalue weighted by Crippen LogP contribution is 2.30. The Balaban J connectivity index is 0.00000385. The summed E-state index contributed by atoms with van der Waals surface area (Å²) >= 11 is 0. The molecular weight excluding hydrogens is 533 g/mol. The number of guanidine groups is 1. The van der Waals surface area contributed by atoms with Crippen molar-refractivity contribution < 1.29 is 14.3 Å². The van der Waals surface area contributed by atoms with Crippen molar-refractivity contribution in [1.29, 1.82) is 0 Å². The highest BCUT2D eigenvalue weighted by molar-refractivity contribution is 14.0. The van der Waals surface area contributed by atoms with Crippen molar-refractivity contribution in [3.8, 4) is 11.5 Å². The fourth-order valence-corrected chi connectivity index (χ4v) is 3.72. The second-order valence-electron chi connectivity index (χ2n) is 7.72. The van der Waals surface area contributed by atoms with Crippen molar-refractivity contribution in [3.05, 3.63) is 48.0 Å². The summed E-state index contributed by atoms with van der Waals surface area (Å²) in [6.07, 6.45) is 1.00. The molecule has 0 radical (unpaired) electrons. The van der Waals surface area contributed by atoms with Crippen LogP contribution < -0.4 is 30.3 Å². The lowest BCUT2D eigenvalue weighted by atomic mass is 10.2. The lowest BCUT2D eigenvalue weighted by Crippen LogP contribution is -2.44. The first-order valence-corrected chi connectivity index (χ1v) is 10.9. The predicted octanol–water partition coefficient (Wildman–Crippen LogP) is 3.61. The van der Waals surface area contributed by atoms with E-state index in [0.29, 0.717) is 6.54 Å². The average Bonchev–Trinajstić information content (AvgIpc) is 3.25. The first-order valence-electron chi connectivity index (χ1n) is 10.9. The summed E-state index contributed by atoms with van der Waals surface area (Å²) in [5.74, 6) is 2.27. The number of halogens is 1. The van der Waals surface area contributed by atoms with E-state index < -0.39 is 0 Å². The lowest BCUT2D eigenvalue weighted by molar-refractivity contribution is -0.114. The normalized spacial score (nSPS) is 15.5. The summed E-state index contributed by atoms with van der Waals surface area (Å²) in [6.45, 7) is 6.65. The predicted molar refractivity (Wildman–Crippen MR) is 144 cm³/mol. The minimum atomic E-state index is -0.0832. The molecule has 2 aromatic rings. The Morgan fingerprint density at radius 1 is 1.15 bits per heavy atom. The van der Waals surface area contributed by atoms with Gasteiger partial charge in [0.1, 0.15) is 11.5 Å². The molecule has 1 aliphatic heterocycles. The number of benzene rings is 2. The highest BCUT2D eigenvalue weighted by Gasteiger charge is 2.24. The monoisotopic (exact) mass is 567 g/mol. The number of carbonyl (C=O) groups excluding carboxylic acids is 1. The molecule has 1 atom stereocenters. The third-order valence-electron chi connectivity index (χ3n) is 5.24. The van der Waals surface area contributed by atoms with Gasteiger partial charge in [-0.1, -0.05) is 12.1 Å². The van der Waals surface area contributed by atoms with Gasteiger partial charge in [-0.05, 0) is 31.0 Å². The number of hydrogen-bond donors (Lipinski definition) is 3. The molecule has 2 aromatic carbocycles. The maximum absolute atomic E-state index is 11.3. The molecule has 1 unspecified atom stereocenters. The third-order valence-corrected chi connectivity index (χ3v) is 5.24. The molecule has 1 aliphatic rings. The van der Waals surface area contributed by atoms with Crippen molar-refractivity contribution in [2.75, 3.05) is 44.1 Å². The zero-order valence-corrected chi connectivity index (χ0v) is 22.0. The summed E-state index contributed by atoms with van der Waals surface area (Å²) in [5.41, 5.74) is 2.90. The Morgan fingerprint density at radius 2 is 1.88 bits per heavy atom. The minimum absolute atomic E-state index is 0. The van der Waals surface area contributed by atoms with Crippen molar-refractivity contribution in [3.63, 3.8) is 0 Å². The maximum Gasteiger partial charge on any atom is 0.221 e. The van der Waals surface area contributed by atoms with Gasteiger partial charge < -0.3 is 30.3 Å². The Labute approximate surface area is 213 Å². The quantitative estimate of drug-likeness (QED) is 0.257.